The maximum atomic E-state index is 14.6. The lowest BCUT2D eigenvalue weighted by Crippen LogP contribution is -2.78. The SMILES string of the molecule is C[C@@H]1C(=O)O[C@@H]2C[C@@]1(C)[C@@H]1C(=O)[C@@]3(O)O[C@@]14[C@@]2(C)OC(=O)[C@@]4(O)CC[C@H]1[C@H]3[C@H](O)C=C2C=CCC(=O)[C@@]21C. The van der Waals surface area contributed by atoms with Crippen molar-refractivity contribution >= 4 is 23.5 Å². The molecule has 5 fully saturated rings. The fourth-order valence-corrected chi connectivity index (χ4v) is 9.48. The molecule has 0 aromatic carbocycles. The summed E-state index contributed by atoms with van der Waals surface area (Å²) in [5.74, 6) is -9.49. The molecule has 1 spiro atoms. The quantitative estimate of drug-likeness (QED) is 0.379. The molecule has 4 bridgehead atoms. The number of rotatable bonds is 0. The summed E-state index contributed by atoms with van der Waals surface area (Å²) in [4.78, 5) is 54.6. The Kier molecular flexibility index (Phi) is 4.31. The van der Waals surface area contributed by atoms with E-state index in [1.165, 1.54) is 13.0 Å². The summed E-state index contributed by atoms with van der Waals surface area (Å²) in [5, 5.41) is 36.1. The highest BCUT2D eigenvalue weighted by Gasteiger charge is 2.92. The highest BCUT2D eigenvalue weighted by Crippen LogP contribution is 2.73. The molecule has 10 nitrogen and oxygen atoms in total. The molecule has 0 aromatic rings. The molecular formula is C28H32O10. The first-order valence-corrected chi connectivity index (χ1v) is 13.4. The minimum Gasteiger partial charge on any atom is -0.458 e. The summed E-state index contributed by atoms with van der Waals surface area (Å²) < 4.78 is 18.0. The highest BCUT2D eigenvalue weighted by atomic mass is 16.7. The smallest absolute Gasteiger partial charge is 0.342 e. The van der Waals surface area contributed by atoms with Crippen LogP contribution in [0.4, 0.5) is 0 Å². The van der Waals surface area contributed by atoms with Crippen molar-refractivity contribution in [3.8, 4) is 0 Å². The van der Waals surface area contributed by atoms with Crippen LogP contribution in [-0.4, -0.2) is 73.6 Å². The van der Waals surface area contributed by atoms with Crippen LogP contribution in [0.25, 0.3) is 0 Å². The fraction of sp³-hybridized carbons (Fsp3) is 0.714. The molecule has 0 amide bonds. The Hall–Kier alpha value is -2.40. The van der Waals surface area contributed by atoms with Gasteiger partial charge in [-0.2, -0.15) is 0 Å². The first kappa shape index (κ1) is 24.6. The average molecular weight is 529 g/mol. The molecule has 0 unspecified atom stereocenters. The van der Waals surface area contributed by atoms with Crippen LogP contribution in [0.5, 0.6) is 0 Å². The molecule has 4 heterocycles. The number of carbonyl (C=O) groups is 4. The minimum atomic E-state index is -2.67. The van der Waals surface area contributed by atoms with E-state index in [1.807, 2.05) is 0 Å². The summed E-state index contributed by atoms with van der Waals surface area (Å²) in [6.07, 6.45) is 2.64. The third-order valence-corrected chi connectivity index (χ3v) is 11.8. The second-order valence-electron chi connectivity index (χ2n) is 13.1. The highest BCUT2D eigenvalue weighted by molar-refractivity contribution is 5.99. The van der Waals surface area contributed by atoms with Gasteiger partial charge in [0.25, 0.3) is 0 Å². The van der Waals surface area contributed by atoms with Crippen LogP contribution in [0.15, 0.2) is 23.8 Å². The molecule has 3 aliphatic carbocycles. The monoisotopic (exact) mass is 528 g/mol. The number of hydrogen-bond donors (Lipinski definition) is 3. The predicted molar refractivity (Wildman–Crippen MR) is 126 cm³/mol. The van der Waals surface area contributed by atoms with Gasteiger partial charge in [-0.05, 0) is 50.0 Å². The molecule has 7 rings (SSSR count). The van der Waals surface area contributed by atoms with E-state index in [9.17, 15) is 34.5 Å². The van der Waals surface area contributed by atoms with Crippen LogP contribution in [-0.2, 0) is 33.4 Å². The number of allylic oxidation sites excluding steroid dienone is 3. The van der Waals surface area contributed by atoms with Crippen LogP contribution in [0.2, 0.25) is 0 Å². The van der Waals surface area contributed by atoms with Gasteiger partial charge in [-0.1, -0.05) is 32.1 Å². The maximum absolute atomic E-state index is 14.6. The van der Waals surface area contributed by atoms with E-state index < -0.39 is 87.0 Å². The number of aliphatic hydroxyl groups is 3. The van der Waals surface area contributed by atoms with Gasteiger partial charge in [-0.3, -0.25) is 14.4 Å². The Balaban J connectivity index is 1.52. The lowest BCUT2D eigenvalue weighted by Gasteiger charge is -2.61. The number of aliphatic hydroxyl groups excluding tert-OH is 1. The van der Waals surface area contributed by atoms with E-state index >= 15 is 0 Å². The second-order valence-corrected chi connectivity index (χ2v) is 13.1. The minimum absolute atomic E-state index is 0.0287. The van der Waals surface area contributed by atoms with Crippen molar-refractivity contribution in [1.29, 1.82) is 0 Å². The van der Waals surface area contributed by atoms with Gasteiger partial charge in [0.1, 0.15) is 11.9 Å². The molecule has 10 heteroatoms. The van der Waals surface area contributed by atoms with Gasteiger partial charge in [0, 0.05) is 6.42 Å². The Morgan fingerprint density at radius 1 is 1.08 bits per heavy atom. The van der Waals surface area contributed by atoms with Crippen molar-refractivity contribution in [3.63, 3.8) is 0 Å². The van der Waals surface area contributed by atoms with Gasteiger partial charge in [0.2, 0.25) is 5.79 Å². The third kappa shape index (κ3) is 2.19. The number of ketones is 2. The molecule has 3 N–H and O–H groups in total. The molecule has 1 saturated carbocycles. The van der Waals surface area contributed by atoms with E-state index in [2.05, 4.69) is 0 Å². The molecule has 12 atom stereocenters. The van der Waals surface area contributed by atoms with Crippen LogP contribution in [0, 0.1) is 34.5 Å². The van der Waals surface area contributed by atoms with E-state index in [4.69, 9.17) is 14.2 Å². The summed E-state index contributed by atoms with van der Waals surface area (Å²) in [6.45, 7) is 6.53. The zero-order chi connectivity index (χ0) is 27.4. The van der Waals surface area contributed by atoms with Gasteiger partial charge in [0.15, 0.2) is 22.6 Å². The zero-order valence-electron chi connectivity index (χ0n) is 21.7. The topological polar surface area (TPSA) is 157 Å². The van der Waals surface area contributed by atoms with Gasteiger partial charge in [-0.25, -0.2) is 4.79 Å². The number of carbonyl (C=O) groups excluding carboxylic acids is 4. The Bertz CT molecular complexity index is 1300. The van der Waals surface area contributed by atoms with Crippen LogP contribution in [0.1, 0.15) is 53.4 Å². The van der Waals surface area contributed by atoms with Crippen molar-refractivity contribution in [2.24, 2.45) is 34.5 Å². The normalized spacial score (nSPS) is 58.1. The Labute approximate surface area is 219 Å². The van der Waals surface area contributed by atoms with E-state index in [1.54, 1.807) is 32.9 Å². The number of Topliss-reactive ketones (excluding diaryl/α,β-unsaturated/α-hetero) is 2. The molecule has 7 aliphatic rings. The van der Waals surface area contributed by atoms with Crippen LogP contribution in [0.3, 0.4) is 0 Å². The predicted octanol–water partition coefficient (Wildman–Crippen LogP) is 0.510. The molecule has 0 aromatic heterocycles. The zero-order valence-corrected chi connectivity index (χ0v) is 21.7. The van der Waals surface area contributed by atoms with Gasteiger partial charge < -0.3 is 29.5 Å². The molecule has 38 heavy (non-hydrogen) atoms. The number of ether oxygens (including phenoxy) is 3. The van der Waals surface area contributed by atoms with E-state index in [0.717, 1.165) is 0 Å². The molecule has 4 aliphatic heterocycles. The molecule has 0 radical (unpaired) electrons. The van der Waals surface area contributed by atoms with E-state index in [-0.39, 0.29) is 31.5 Å². The van der Waals surface area contributed by atoms with E-state index in [0.29, 0.717) is 5.57 Å². The lowest BCUT2D eigenvalue weighted by atomic mass is 9.46. The van der Waals surface area contributed by atoms with Crippen molar-refractivity contribution in [1.82, 2.24) is 0 Å². The van der Waals surface area contributed by atoms with Crippen molar-refractivity contribution in [3.05, 3.63) is 23.8 Å². The lowest BCUT2D eigenvalue weighted by molar-refractivity contribution is -0.350. The van der Waals surface area contributed by atoms with Gasteiger partial charge in [0.05, 0.1) is 29.3 Å². The number of esters is 2. The summed E-state index contributed by atoms with van der Waals surface area (Å²) in [7, 11) is 0. The first-order valence-electron chi connectivity index (χ1n) is 13.4. The van der Waals surface area contributed by atoms with Gasteiger partial charge >= 0.3 is 11.9 Å². The first-order chi connectivity index (χ1) is 17.6. The summed E-state index contributed by atoms with van der Waals surface area (Å²) in [6, 6.07) is 0. The largest absolute Gasteiger partial charge is 0.458 e. The molecule has 204 valence electrons. The van der Waals surface area contributed by atoms with Crippen molar-refractivity contribution in [2.75, 3.05) is 0 Å². The van der Waals surface area contributed by atoms with Gasteiger partial charge in [-0.15, -0.1) is 0 Å². The third-order valence-electron chi connectivity index (χ3n) is 11.8. The summed E-state index contributed by atoms with van der Waals surface area (Å²) in [5.41, 5.74) is -8.02. The van der Waals surface area contributed by atoms with Crippen molar-refractivity contribution < 1.29 is 48.7 Å². The van der Waals surface area contributed by atoms with Crippen molar-refractivity contribution in [2.45, 2.75) is 88.2 Å². The average Bonchev–Trinajstić information content (AvgIpc) is 3.19. The Morgan fingerprint density at radius 3 is 2.50 bits per heavy atom. The fourth-order valence-electron chi connectivity index (χ4n) is 9.48. The standard InChI is InChI=1S/C28H32O10/c1-12-21(32)36-17-11-23(12,2)19-20(31)27(35)18-14(24(3)13(10-15(18)29)6-5-7-16(24)30)8-9-26(34)22(33)37-25(17,4)28(19,26)38-27/h5-6,10,12,14-15,17-19,29,34-35H,7-9,11H2,1-4H3/t12-,14+,15-,17-,18+,19+,23-,24+,25+,26+,27+,28-/m1/s1. The molecular weight excluding hydrogens is 496 g/mol. The second kappa shape index (κ2) is 6.66. The van der Waals surface area contributed by atoms with Crippen LogP contribution < -0.4 is 0 Å². The van der Waals surface area contributed by atoms with Crippen LogP contribution >= 0.6 is 0 Å². The number of hydrogen-bond acceptors (Lipinski definition) is 10. The maximum Gasteiger partial charge on any atom is 0.342 e. The Morgan fingerprint density at radius 2 is 1.79 bits per heavy atom. The summed E-state index contributed by atoms with van der Waals surface area (Å²) >= 11 is 0. The number of fused-ring (bicyclic) bond motifs is 9. The molecule has 4 saturated heterocycles.